The monoisotopic (exact) mass is 781 g/mol. The van der Waals surface area contributed by atoms with Crippen molar-refractivity contribution in [2.45, 2.75) is 85.7 Å². The SMILES string of the molecule is CC1(C)c2cccc3c2-c2c([c-]ccc2[Si]3(C)C)-c2ncc3ccccc3c21.CCC(CC)C(=O)/C=C(\O)C(CC)CC.[Ir]. The first-order valence-electron chi connectivity index (χ1n) is 16.0. The number of aromatic nitrogens is 1. The topological polar surface area (TPSA) is 50.2 Å². The van der Waals surface area contributed by atoms with Crippen molar-refractivity contribution in [1.82, 2.24) is 4.98 Å². The number of nitrogens with zero attached hydrogens (tertiary/aromatic N) is 1. The number of aliphatic hydroxyl groups is 1. The molecule has 1 aromatic heterocycles. The maximum Gasteiger partial charge on any atom is 0.162 e. The Morgan fingerprint density at radius 2 is 1.55 bits per heavy atom. The minimum absolute atomic E-state index is 0. The molecule has 4 aromatic rings. The van der Waals surface area contributed by atoms with E-state index < -0.39 is 8.07 Å². The Labute approximate surface area is 278 Å². The maximum atomic E-state index is 11.7. The van der Waals surface area contributed by atoms with Gasteiger partial charge in [0.25, 0.3) is 0 Å². The van der Waals surface area contributed by atoms with Gasteiger partial charge in [-0.1, -0.05) is 113 Å². The fourth-order valence-electron chi connectivity index (χ4n) is 7.37. The molecule has 0 saturated carbocycles. The Morgan fingerprint density at radius 1 is 0.909 bits per heavy atom. The number of fused-ring (bicyclic) bond motifs is 4. The number of ketones is 1. The smallest absolute Gasteiger partial charge is 0.162 e. The van der Waals surface area contributed by atoms with Crippen molar-refractivity contribution in [3.63, 3.8) is 0 Å². The number of allylic oxidation sites excluding steroid dienone is 2. The van der Waals surface area contributed by atoms with Crippen LogP contribution in [0.15, 0.2) is 72.6 Å². The molecule has 5 heteroatoms. The van der Waals surface area contributed by atoms with Gasteiger partial charge in [0, 0.05) is 49.6 Å². The van der Waals surface area contributed by atoms with E-state index in [1.54, 1.807) is 5.19 Å². The van der Waals surface area contributed by atoms with Gasteiger partial charge in [0.05, 0.1) is 13.8 Å². The van der Waals surface area contributed by atoms with E-state index in [4.69, 9.17) is 4.98 Å². The second-order valence-electron chi connectivity index (χ2n) is 13.2. The third-order valence-corrected chi connectivity index (χ3v) is 13.6. The molecule has 3 aromatic carbocycles. The number of carbonyl (C=O) groups is 1. The molecule has 1 N–H and O–H groups in total. The maximum absolute atomic E-state index is 11.7. The van der Waals surface area contributed by atoms with Gasteiger partial charge in [0.1, 0.15) is 0 Å². The molecule has 1 aliphatic heterocycles. The second kappa shape index (κ2) is 13.2. The summed E-state index contributed by atoms with van der Waals surface area (Å²) in [5.41, 5.74) is 7.80. The average molecular weight is 781 g/mol. The standard InChI is InChI=1S/C26H22NSi.C13H24O2.Ir/c1-26(2)19-12-8-14-21-23(19)22-18(11-7-13-20(22)28(21,3)4)25-24(26)17-10-6-5-9-16(17)15-27-25;1-5-10(6-2)12(14)9-13(15)11(7-3)8-4;/h5-10,12-15H,1-4H3;9-11,14H,5-8H2,1-4H3;/q-1;;/b;12-9-;. The summed E-state index contributed by atoms with van der Waals surface area (Å²) in [7, 11) is -1.71. The van der Waals surface area contributed by atoms with Crippen molar-refractivity contribution in [2.75, 3.05) is 0 Å². The van der Waals surface area contributed by atoms with Crippen LogP contribution < -0.4 is 10.4 Å². The van der Waals surface area contributed by atoms with E-state index in [-0.39, 0.29) is 48.9 Å². The van der Waals surface area contributed by atoms with Crippen molar-refractivity contribution in [1.29, 1.82) is 0 Å². The first-order chi connectivity index (χ1) is 20.5. The Balaban J connectivity index is 0.000000239. The third-order valence-electron chi connectivity index (χ3n) is 10.1. The Hall–Kier alpha value is -2.85. The molecule has 2 aliphatic rings. The number of hydrogen-bond donors (Lipinski definition) is 1. The molecule has 1 aliphatic carbocycles. The molecular formula is C39H46IrNO2Si-. The van der Waals surface area contributed by atoms with Gasteiger partial charge in [0.2, 0.25) is 0 Å². The average Bonchev–Trinajstić information content (AvgIpc) is 3.19. The van der Waals surface area contributed by atoms with Gasteiger partial charge in [-0.2, -0.15) is 0 Å². The van der Waals surface area contributed by atoms with E-state index in [1.807, 2.05) is 33.9 Å². The number of hydrogen-bond acceptors (Lipinski definition) is 3. The van der Waals surface area contributed by atoms with E-state index in [9.17, 15) is 9.90 Å². The van der Waals surface area contributed by atoms with E-state index in [2.05, 4.69) is 87.6 Å². The number of carbonyl (C=O) groups excluding carboxylic acids is 1. The van der Waals surface area contributed by atoms with Gasteiger partial charge in [-0.3, -0.25) is 4.79 Å². The minimum Gasteiger partial charge on any atom is -0.512 e. The first kappa shape index (κ1) is 34.0. The minimum atomic E-state index is -1.71. The van der Waals surface area contributed by atoms with Crippen LogP contribution in [0.4, 0.5) is 0 Å². The zero-order valence-electron chi connectivity index (χ0n) is 27.5. The number of pyridine rings is 1. The van der Waals surface area contributed by atoms with Crippen LogP contribution in [0, 0.1) is 17.9 Å². The molecule has 0 bridgehead atoms. The summed E-state index contributed by atoms with van der Waals surface area (Å²) in [5.74, 6) is 0.547. The van der Waals surface area contributed by atoms with Gasteiger partial charge in [-0.15, -0.1) is 28.9 Å². The van der Waals surface area contributed by atoms with Crippen molar-refractivity contribution in [3.05, 3.63) is 89.8 Å². The van der Waals surface area contributed by atoms with Crippen LogP contribution in [-0.2, 0) is 30.3 Å². The van der Waals surface area contributed by atoms with Crippen LogP contribution in [0.5, 0.6) is 0 Å². The van der Waals surface area contributed by atoms with Gasteiger partial charge in [0.15, 0.2) is 5.78 Å². The zero-order chi connectivity index (χ0) is 31.1. The summed E-state index contributed by atoms with van der Waals surface area (Å²) in [5, 5.41) is 15.4. The van der Waals surface area contributed by atoms with Gasteiger partial charge < -0.3 is 10.1 Å². The van der Waals surface area contributed by atoms with E-state index in [0.29, 0.717) is 0 Å². The summed E-state index contributed by atoms with van der Waals surface area (Å²) in [6.07, 6.45) is 6.94. The van der Waals surface area contributed by atoms with Crippen molar-refractivity contribution >= 4 is 35.0 Å². The third kappa shape index (κ3) is 5.57. The predicted molar refractivity (Wildman–Crippen MR) is 184 cm³/mol. The molecule has 1 radical (unpaired) electrons. The normalized spacial score (nSPS) is 15.2. The summed E-state index contributed by atoms with van der Waals surface area (Å²) < 4.78 is 0. The number of rotatable bonds is 7. The van der Waals surface area contributed by atoms with Crippen LogP contribution in [0.25, 0.3) is 33.2 Å². The molecule has 6 rings (SSSR count). The zero-order valence-corrected chi connectivity index (χ0v) is 30.9. The number of aliphatic hydroxyl groups excluding tert-OH is 1. The molecule has 0 atom stereocenters. The predicted octanol–water partition coefficient (Wildman–Crippen LogP) is 9.01. The van der Waals surface area contributed by atoms with Crippen molar-refractivity contribution in [2.24, 2.45) is 11.8 Å². The summed E-state index contributed by atoms with van der Waals surface area (Å²) in [4.78, 5) is 16.7. The molecule has 0 fully saturated rings. The molecule has 44 heavy (non-hydrogen) atoms. The molecule has 233 valence electrons. The molecule has 2 heterocycles. The fourth-order valence-corrected chi connectivity index (χ4v) is 10.4. The van der Waals surface area contributed by atoms with Crippen LogP contribution in [-0.4, -0.2) is 23.9 Å². The second-order valence-corrected chi connectivity index (χ2v) is 17.5. The van der Waals surface area contributed by atoms with Crippen LogP contribution in [0.3, 0.4) is 0 Å². The summed E-state index contributed by atoms with van der Waals surface area (Å²) in [6.45, 7) is 17.8. The molecule has 0 unspecified atom stereocenters. The van der Waals surface area contributed by atoms with Gasteiger partial charge in [-0.25, -0.2) is 0 Å². The van der Waals surface area contributed by atoms with Crippen LogP contribution in [0.1, 0.15) is 78.4 Å². The quantitative estimate of drug-likeness (QED) is 0.0882. The molecule has 0 spiro atoms. The Morgan fingerprint density at radius 3 is 2.20 bits per heavy atom. The molecule has 0 saturated heterocycles. The Bertz CT molecular complexity index is 1710. The Kier molecular flexibility index (Phi) is 10.2. The van der Waals surface area contributed by atoms with Crippen LogP contribution in [0.2, 0.25) is 13.1 Å². The summed E-state index contributed by atoms with van der Waals surface area (Å²) >= 11 is 0. The fraction of sp³-hybridized carbons (Fsp3) is 0.385. The van der Waals surface area contributed by atoms with Crippen molar-refractivity contribution in [3.8, 4) is 22.4 Å². The van der Waals surface area contributed by atoms with Crippen molar-refractivity contribution < 1.29 is 30.0 Å². The van der Waals surface area contributed by atoms with Gasteiger partial charge >= 0.3 is 0 Å². The largest absolute Gasteiger partial charge is 0.512 e. The van der Waals surface area contributed by atoms with E-state index in [0.717, 1.165) is 31.4 Å². The summed E-state index contributed by atoms with van der Waals surface area (Å²) in [6, 6.07) is 23.7. The van der Waals surface area contributed by atoms with E-state index >= 15 is 0 Å². The molecular weight excluding hydrogens is 735 g/mol. The van der Waals surface area contributed by atoms with Gasteiger partial charge in [-0.05, 0) is 53.3 Å². The number of benzene rings is 3. The molecule has 3 nitrogen and oxygen atoms in total. The first-order valence-corrected chi connectivity index (χ1v) is 19.0. The molecule has 0 amide bonds. The van der Waals surface area contributed by atoms with E-state index in [1.165, 1.54) is 49.9 Å². The van der Waals surface area contributed by atoms with Crippen LogP contribution >= 0.6 is 0 Å².